The Morgan fingerprint density at radius 1 is 1.67 bits per heavy atom. The van der Waals surface area contributed by atoms with E-state index in [1.54, 1.807) is 4.68 Å². The second-order valence-corrected chi connectivity index (χ2v) is 3.25. The lowest BCUT2D eigenvalue weighted by Gasteiger charge is -1.97. The second-order valence-electron chi connectivity index (χ2n) is 2.87. The zero-order valence-corrected chi connectivity index (χ0v) is 9.47. The number of carbonyl (C=O) groups is 1. The molecule has 0 aliphatic carbocycles. The third-order valence-electron chi connectivity index (χ3n) is 1.73. The van der Waals surface area contributed by atoms with Crippen LogP contribution in [0, 0.1) is 4.77 Å². The van der Waals surface area contributed by atoms with Crippen LogP contribution in [-0.2, 0) is 11.3 Å². The van der Waals surface area contributed by atoms with E-state index < -0.39 is 6.16 Å². The number of aromatic amines is 1. The van der Waals surface area contributed by atoms with Gasteiger partial charge in [-0.3, -0.25) is 4.98 Å². The van der Waals surface area contributed by atoms with Crippen molar-refractivity contribution in [2.45, 2.75) is 26.3 Å². The fourth-order valence-corrected chi connectivity index (χ4v) is 1.18. The molecule has 0 spiro atoms. The topological polar surface area (TPSA) is 69.1 Å². The van der Waals surface area contributed by atoms with Crippen molar-refractivity contribution in [1.29, 1.82) is 0 Å². The number of aryl methyl sites for hydroxylation is 1. The van der Waals surface area contributed by atoms with Crippen LogP contribution >= 0.6 is 12.2 Å². The highest BCUT2D eigenvalue weighted by Crippen LogP contribution is 2.04. The molecular weight excluding hydrogens is 218 g/mol. The molecule has 0 amide bonds. The van der Waals surface area contributed by atoms with E-state index in [2.05, 4.69) is 26.5 Å². The molecule has 0 aromatic carbocycles. The fraction of sp³-hybridized carbons (Fsp3) is 0.625. The molecular formula is C8H13N3O3S. The van der Waals surface area contributed by atoms with E-state index in [-0.39, 0.29) is 6.01 Å². The normalized spacial score (nSPS) is 10.0. The Balaban J connectivity index is 2.68. The maximum atomic E-state index is 10.8. The van der Waals surface area contributed by atoms with E-state index in [4.69, 9.17) is 12.2 Å². The Kier molecular flexibility index (Phi) is 4.29. The maximum Gasteiger partial charge on any atom is 0.516 e. The summed E-state index contributed by atoms with van der Waals surface area (Å²) < 4.78 is 11.0. The Hall–Kier alpha value is -1.37. The third-order valence-corrected chi connectivity index (χ3v) is 2.04. The summed E-state index contributed by atoms with van der Waals surface area (Å²) in [6.07, 6.45) is 1.19. The predicted octanol–water partition coefficient (Wildman–Crippen LogP) is 1.89. The number of H-pyrrole nitrogens is 1. The highest BCUT2D eigenvalue weighted by molar-refractivity contribution is 7.71. The van der Waals surface area contributed by atoms with Gasteiger partial charge in [0.1, 0.15) is 0 Å². The van der Waals surface area contributed by atoms with Gasteiger partial charge in [0.25, 0.3) is 0 Å². The van der Waals surface area contributed by atoms with Crippen LogP contribution in [0.2, 0.25) is 0 Å². The number of rotatable bonds is 4. The van der Waals surface area contributed by atoms with Gasteiger partial charge in [-0.05, 0) is 18.6 Å². The van der Waals surface area contributed by atoms with Crippen molar-refractivity contribution in [3.05, 3.63) is 4.77 Å². The summed E-state index contributed by atoms with van der Waals surface area (Å²) in [4.78, 5) is 13.4. The third kappa shape index (κ3) is 3.35. The van der Waals surface area contributed by atoms with Gasteiger partial charge in [0.05, 0.1) is 7.11 Å². The van der Waals surface area contributed by atoms with Crippen molar-refractivity contribution in [3.63, 3.8) is 0 Å². The predicted molar refractivity (Wildman–Crippen MR) is 55.4 cm³/mol. The Morgan fingerprint density at radius 3 is 3.00 bits per heavy atom. The zero-order valence-electron chi connectivity index (χ0n) is 8.65. The molecule has 1 rings (SSSR count). The van der Waals surface area contributed by atoms with Crippen LogP contribution in [0.15, 0.2) is 0 Å². The SMILES string of the molecule is CCCCn1nc(OC(=O)OC)[nH]c1=S. The molecule has 1 aromatic rings. The van der Waals surface area contributed by atoms with Gasteiger partial charge in [-0.15, -0.1) is 5.10 Å². The number of methoxy groups -OCH3 is 1. The van der Waals surface area contributed by atoms with Gasteiger partial charge in [-0.1, -0.05) is 13.3 Å². The van der Waals surface area contributed by atoms with Crippen LogP contribution in [-0.4, -0.2) is 28.0 Å². The maximum absolute atomic E-state index is 10.8. The van der Waals surface area contributed by atoms with Gasteiger partial charge in [0, 0.05) is 6.54 Å². The van der Waals surface area contributed by atoms with Gasteiger partial charge in [-0.25, -0.2) is 9.48 Å². The molecule has 7 heteroatoms. The largest absolute Gasteiger partial charge is 0.516 e. The molecule has 0 aliphatic heterocycles. The van der Waals surface area contributed by atoms with Crippen molar-refractivity contribution < 1.29 is 14.3 Å². The van der Waals surface area contributed by atoms with Gasteiger partial charge in [-0.2, -0.15) is 0 Å². The average Bonchev–Trinajstić information content (AvgIpc) is 2.55. The van der Waals surface area contributed by atoms with E-state index in [1.165, 1.54) is 7.11 Å². The summed E-state index contributed by atoms with van der Waals surface area (Å²) >= 11 is 4.99. The first-order chi connectivity index (χ1) is 7.17. The number of hydrogen-bond acceptors (Lipinski definition) is 5. The molecule has 0 bridgehead atoms. The van der Waals surface area contributed by atoms with Gasteiger partial charge >= 0.3 is 12.2 Å². The lowest BCUT2D eigenvalue weighted by molar-refractivity contribution is 0.117. The molecule has 6 nitrogen and oxygen atoms in total. The highest BCUT2D eigenvalue weighted by Gasteiger charge is 2.08. The van der Waals surface area contributed by atoms with Crippen LogP contribution in [0.5, 0.6) is 6.01 Å². The Labute approximate surface area is 92.2 Å². The van der Waals surface area contributed by atoms with Crippen molar-refractivity contribution in [3.8, 4) is 6.01 Å². The molecule has 0 saturated carbocycles. The summed E-state index contributed by atoms with van der Waals surface area (Å²) in [7, 11) is 1.23. The fourth-order valence-electron chi connectivity index (χ4n) is 0.962. The number of nitrogens with zero attached hydrogens (tertiary/aromatic N) is 2. The summed E-state index contributed by atoms with van der Waals surface area (Å²) in [5.41, 5.74) is 0. The summed E-state index contributed by atoms with van der Waals surface area (Å²) in [6, 6.07) is 0.0583. The summed E-state index contributed by atoms with van der Waals surface area (Å²) in [6.45, 7) is 2.78. The molecule has 1 heterocycles. The number of carbonyl (C=O) groups excluding carboxylic acids is 1. The molecule has 0 aliphatic rings. The average molecular weight is 231 g/mol. The minimum absolute atomic E-state index is 0.0583. The van der Waals surface area contributed by atoms with Crippen molar-refractivity contribution in [1.82, 2.24) is 14.8 Å². The molecule has 84 valence electrons. The van der Waals surface area contributed by atoms with Gasteiger partial charge in [0.2, 0.25) is 0 Å². The van der Waals surface area contributed by atoms with Crippen LogP contribution in [0.3, 0.4) is 0 Å². The number of nitrogens with one attached hydrogen (secondary N) is 1. The van der Waals surface area contributed by atoms with Crippen molar-refractivity contribution in [2.75, 3.05) is 7.11 Å². The Bertz CT molecular complexity index is 385. The first-order valence-electron chi connectivity index (χ1n) is 4.60. The molecule has 1 N–H and O–H groups in total. The molecule has 15 heavy (non-hydrogen) atoms. The quantitative estimate of drug-likeness (QED) is 0.633. The molecule has 0 radical (unpaired) electrons. The van der Waals surface area contributed by atoms with Crippen LogP contribution in [0.25, 0.3) is 0 Å². The van der Waals surface area contributed by atoms with Crippen LogP contribution in [0.4, 0.5) is 4.79 Å². The van der Waals surface area contributed by atoms with Crippen molar-refractivity contribution in [2.24, 2.45) is 0 Å². The monoisotopic (exact) mass is 231 g/mol. The molecule has 1 aromatic heterocycles. The smallest absolute Gasteiger partial charge is 0.437 e. The van der Waals surface area contributed by atoms with E-state index in [9.17, 15) is 4.79 Å². The van der Waals surface area contributed by atoms with Crippen LogP contribution in [0.1, 0.15) is 19.8 Å². The standard InChI is InChI=1S/C8H13N3O3S/c1-3-4-5-11-7(15)9-6(10-11)14-8(12)13-2/h3-5H2,1-2H3,(H,9,10,15). The number of aromatic nitrogens is 3. The first kappa shape index (κ1) is 11.7. The first-order valence-corrected chi connectivity index (χ1v) is 5.01. The highest BCUT2D eigenvalue weighted by atomic mass is 32.1. The molecule has 0 fully saturated rings. The second kappa shape index (κ2) is 5.50. The Morgan fingerprint density at radius 2 is 2.40 bits per heavy atom. The molecule has 0 atom stereocenters. The van der Waals surface area contributed by atoms with Crippen molar-refractivity contribution >= 4 is 18.4 Å². The van der Waals surface area contributed by atoms with E-state index in [0.29, 0.717) is 11.3 Å². The summed E-state index contributed by atoms with van der Waals surface area (Å²) in [5.74, 6) is 0. The van der Waals surface area contributed by atoms with E-state index in [0.717, 1.165) is 12.8 Å². The van der Waals surface area contributed by atoms with E-state index >= 15 is 0 Å². The minimum Gasteiger partial charge on any atom is -0.437 e. The number of unbranched alkanes of at least 4 members (excludes halogenated alkanes) is 1. The number of ether oxygens (including phenoxy) is 2. The van der Waals surface area contributed by atoms with Gasteiger partial charge < -0.3 is 9.47 Å². The minimum atomic E-state index is -0.818. The zero-order chi connectivity index (χ0) is 11.3. The lowest BCUT2D eigenvalue weighted by Crippen LogP contribution is -2.09. The molecule has 0 saturated heterocycles. The van der Waals surface area contributed by atoms with Crippen LogP contribution < -0.4 is 4.74 Å². The lowest BCUT2D eigenvalue weighted by atomic mass is 10.3. The molecule has 0 unspecified atom stereocenters. The summed E-state index contributed by atoms with van der Waals surface area (Å²) in [5, 5.41) is 3.97. The van der Waals surface area contributed by atoms with E-state index in [1.807, 2.05) is 0 Å². The number of hydrogen-bond donors (Lipinski definition) is 1. The van der Waals surface area contributed by atoms with Gasteiger partial charge in [0.15, 0.2) is 4.77 Å².